The predicted molar refractivity (Wildman–Crippen MR) is 59.4 cm³/mol. The Morgan fingerprint density at radius 2 is 2.00 bits per heavy atom. The third kappa shape index (κ3) is 1.19. The van der Waals surface area contributed by atoms with Gasteiger partial charge in [-0.2, -0.15) is 0 Å². The summed E-state index contributed by atoms with van der Waals surface area (Å²) < 4.78 is 5.24. The third-order valence-electron chi connectivity index (χ3n) is 4.62. The zero-order valence-corrected chi connectivity index (χ0v) is 9.96. The van der Waals surface area contributed by atoms with Crippen LogP contribution < -0.4 is 0 Å². The zero-order chi connectivity index (χ0) is 13.2. The number of hydrogen-bond acceptors (Lipinski definition) is 4. The van der Waals surface area contributed by atoms with Crippen LogP contribution in [0.1, 0.15) is 13.3 Å². The molecule has 3 aliphatic rings. The molecule has 2 aliphatic carbocycles. The van der Waals surface area contributed by atoms with Crippen LogP contribution in [0.15, 0.2) is 12.2 Å². The van der Waals surface area contributed by atoms with Crippen LogP contribution in [0, 0.1) is 29.6 Å². The molecule has 0 aromatic carbocycles. The molecule has 96 valence electrons. The molecule has 1 saturated heterocycles. The van der Waals surface area contributed by atoms with Crippen molar-refractivity contribution >= 4 is 17.7 Å². The topological polar surface area (TPSA) is 80.7 Å². The van der Waals surface area contributed by atoms with E-state index in [1.165, 1.54) is 0 Å². The lowest BCUT2D eigenvalue weighted by Crippen LogP contribution is -2.41. The quantitative estimate of drug-likeness (QED) is 0.587. The maximum Gasteiger partial charge on any atom is 0.310 e. The second-order valence-electron chi connectivity index (χ2n) is 5.53. The summed E-state index contributed by atoms with van der Waals surface area (Å²) in [7, 11) is 0. The Morgan fingerprint density at radius 3 is 2.56 bits per heavy atom. The van der Waals surface area contributed by atoms with Crippen LogP contribution >= 0.6 is 0 Å². The van der Waals surface area contributed by atoms with Crippen molar-refractivity contribution in [1.82, 2.24) is 0 Å². The number of hydrogen-bond donors (Lipinski definition) is 1. The van der Waals surface area contributed by atoms with E-state index in [0.29, 0.717) is 12.0 Å². The van der Waals surface area contributed by atoms with Gasteiger partial charge in [0.25, 0.3) is 0 Å². The highest BCUT2D eigenvalue weighted by molar-refractivity contribution is 5.99. The van der Waals surface area contributed by atoms with Gasteiger partial charge in [-0.3, -0.25) is 14.4 Å². The van der Waals surface area contributed by atoms with Crippen LogP contribution in [-0.4, -0.2) is 28.9 Å². The van der Waals surface area contributed by atoms with Crippen molar-refractivity contribution in [3.05, 3.63) is 12.2 Å². The molecule has 18 heavy (non-hydrogen) atoms. The molecule has 0 spiro atoms. The van der Waals surface area contributed by atoms with E-state index in [1.807, 2.05) is 0 Å². The van der Waals surface area contributed by atoms with Crippen LogP contribution in [0.2, 0.25) is 0 Å². The summed E-state index contributed by atoms with van der Waals surface area (Å²) in [5.74, 6) is -3.80. The van der Waals surface area contributed by atoms with Crippen molar-refractivity contribution in [2.75, 3.05) is 0 Å². The molecule has 1 heterocycles. The van der Waals surface area contributed by atoms with E-state index in [4.69, 9.17) is 4.74 Å². The average Bonchev–Trinajstić information content (AvgIpc) is 2.86. The van der Waals surface area contributed by atoms with Crippen molar-refractivity contribution in [1.29, 1.82) is 0 Å². The number of ketones is 1. The first-order valence-electron chi connectivity index (χ1n) is 6.06. The second kappa shape index (κ2) is 3.43. The van der Waals surface area contributed by atoms with Gasteiger partial charge in [0, 0.05) is 5.92 Å². The van der Waals surface area contributed by atoms with Crippen molar-refractivity contribution in [2.24, 2.45) is 29.6 Å². The van der Waals surface area contributed by atoms with Gasteiger partial charge in [-0.05, 0) is 24.8 Å². The Morgan fingerprint density at radius 1 is 1.33 bits per heavy atom. The number of esters is 1. The van der Waals surface area contributed by atoms with Crippen LogP contribution in [0.4, 0.5) is 0 Å². The molecule has 0 aromatic rings. The van der Waals surface area contributed by atoms with Gasteiger partial charge < -0.3 is 9.84 Å². The van der Waals surface area contributed by atoms with Crippen molar-refractivity contribution in [2.45, 2.75) is 19.4 Å². The normalized spacial score (nSPS) is 43.9. The standard InChI is InChI=1S/C13H14O5/c1-4(2)10(14)9-5-3-6-8(7(5)12(15)16)13(17)18-11(6)9/h5-9,11H,1,3H2,2H3,(H,15,16). The van der Waals surface area contributed by atoms with Crippen LogP contribution in [-0.2, 0) is 19.1 Å². The van der Waals surface area contributed by atoms with Gasteiger partial charge >= 0.3 is 11.9 Å². The Bertz CT molecular complexity index is 480. The Kier molecular flexibility index (Phi) is 2.18. The van der Waals surface area contributed by atoms with Crippen LogP contribution in [0.5, 0.6) is 0 Å². The minimum absolute atomic E-state index is 0.100. The first kappa shape index (κ1) is 11.4. The molecule has 6 atom stereocenters. The first-order chi connectivity index (χ1) is 8.43. The fourth-order valence-corrected chi connectivity index (χ4v) is 4.02. The second-order valence-corrected chi connectivity index (χ2v) is 5.53. The van der Waals surface area contributed by atoms with E-state index in [1.54, 1.807) is 6.92 Å². The average molecular weight is 250 g/mol. The highest BCUT2D eigenvalue weighted by atomic mass is 16.6. The number of carboxylic acids is 1. The molecule has 6 unspecified atom stereocenters. The number of carbonyl (C=O) groups excluding carboxylic acids is 2. The number of carbonyl (C=O) groups is 3. The molecule has 5 nitrogen and oxygen atoms in total. The third-order valence-corrected chi connectivity index (χ3v) is 4.62. The van der Waals surface area contributed by atoms with Gasteiger partial charge in [-0.15, -0.1) is 0 Å². The lowest BCUT2D eigenvalue weighted by atomic mass is 9.72. The summed E-state index contributed by atoms with van der Waals surface area (Å²) in [4.78, 5) is 35.2. The molecular weight excluding hydrogens is 236 g/mol. The van der Waals surface area contributed by atoms with E-state index in [0.717, 1.165) is 0 Å². The van der Waals surface area contributed by atoms with Gasteiger partial charge in [0.1, 0.15) is 6.10 Å². The van der Waals surface area contributed by atoms with Crippen molar-refractivity contribution in [3.63, 3.8) is 0 Å². The molecule has 1 aliphatic heterocycles. The van der Waals surface area contributed by atoms with Gasteiger partial charge in [0.2, 0.25) is 0 Å². The molecular formula is C13H14O5. The molecule has 2 bridgehead atoms. The smallest absolute Gasteiger partial charge is 0.310 e. The lowest BCUT2D eigenvalue weighted by molar-refractivity contribution is -0.151. The van der Waals surface area contributed by atoms with E-state index in [-0.39, 0.29) is 17.6 Å². The van der Waals surface area contributed by atoms with Crippen molar-refractivity contribution < 1.29 is 24.2 Å². The SMILES string of the molecule is C=C(C)C(=O)C1C2CC3C1OC(=O)C3C2C(=O)O. The summed E-state index contributed by atoms with van der Waals surface area (Å²) in [6.45, 7) is 5.23. The molecule has 1 N–H and O–H groups in total. The Balaban J connectivity index is 2.01. The number of carboxylic acid groups (broad SMARTS) is 1. The van der Waals surface area contributed by atoms with E-state index >= 15 is 0 Å². The Labute approximate surface area is 104 Å². The number of allylic oxidation sites excluding steroid dienone is 1. The molecule has 3 rings (SSSR count). The Hall–Kier alpha value is -1.65. The monoisotopic (exact) mass is 250 g/mol. The number of ether oxygens (including phenoxy) is 1. The highest BCUT2D eigenvalue weighted by Gasteiger charge is 2.69. The maximum atomic E-state index is 12.1. The van der Waals surface area contributed by atoms with Crippen LogP contribution in [0.25, 0.3) is 0 Å². The number of fused-ring (bicyclic) bond motifs is 1. The zero-order valence-electron chi connectivity index (χ0n) is 9.96. The van der Waals surface area contributed by atoms with Gasteiger partial charge in [-0.25, -0.2) is 0 Å². The van der Waals surface area contributed by atoms with Gasteiger partial charge in [-0.1, -0.05) is 6.58 Å². The van der Waals surface area contributed by atoms with Crippen LogP contribution in [0.3, 0.4) is 0 Å². The summed E-state index contributed by atoms with van der Waals surface area (Å²) in [5.41, 5.74) is 0.399. The summed E-state index contributed by atoms with van der Waals surface area (Å²) in [5, 5.41) is 9.27. The van der Waals surface area contributed by atoms with Crippen molar-refractivity contribution in [3.8, 4) is 0 Å². The van der Waals surface area contributed by atoms with E-state index in [9.17, 15) is 19.5 Å². The molecule has 5 heteroatoms. The highest BCUT2D eigenvalue weighted by Crippen LogP contribution is 2.60. The van der Waals surface area contributed by atoms with E-state index in [2.05, 4.69) is 6.58 Å². The van der Waals surface area contributed by atoms with Gasteiger partial charge in [0.15, 0.2) is 5.78 Å². The minimum atomic E-state index is -0.996. The fraction of sp³-hybridized carbons (Fsp3) is 0.615. The minimum Gasteiger partial charge on any atom is -0.481 e. The molecule has 0 aromatic heterocycles. The number of aliphatic carboxylic acids is 1. The predicted octanol–water partition coefficient (Wildman–Crippen LogP) is 0.640. The molecule has 3 fully saturated rings. The summed E-state index contributed by atoms with van der Waals surface area (Å²) >= 11 is 0. The van der Waals surface area contributed by atoms with E-state index < -0.39 is 35.8 Å². The lowest BCUT2D eigenvalue weighted by Gasteiger charge is -2.28. The fourth-order valence-electron chi connectivity index (χ4n) is 4.02. The summed E-state index contributed by atoms with van der Waals surface area (Å²) in [6.07, 6.45) is 0.175. The molecule has 0 amide bonds. The largest absolute Gasteiger partial charge is 0.481 e. The first-order valence-corrected chi connectivity index (χ1v) is 6.06. The maximum absolute atomic E-state index is 12.1. The summed E-state index contributed by atoms with van der Waals surface area (Å²) in [6, 6.07) is 0. The van der Waals surface area contributed by atoms with Gasteiger partial charge in [0.05, 0.1) is 17.8 Å². The number of Topliss-reactive ketones (excluding diaryl/α,β-unsaturated/α-hetero) is 1. The number of rotatable bonds is 3. The molecule has 2 saturated carbocycles. The molecule has 0 radical (unpaired) electrons.